The first kappa shape index (κ1) is 23.2. The molecule has 1 N–H and O–H groups in total. The summed E-state index contributed by atoms with van der Waals surface area (Å²) in [6.07, 6.45) is -1.04. The number of nitrogens with one attached hydrogen (secondary N) is 1. The maximum atomic E-state index is 13.7. The second-order valence-electron chi connectivity index (χ2n) is 7.51. The number of halogens is 5. The molecule has 3 aromatic carbocycles. The molecule has 1 amide bonds. The Balaban J connectivity index is 1.40. The van der Waals surface area contributed by atoms with E-state index in [2.05, 4.69) is 10.1 Å². The van der Waals surface area contributed by atoms with Crippen LogP contribution in [0.2, 0.25) is 0 Å². The van der Waals surface area contributed by atoms with Crippen molar-refractivity contribution < 1.29 is 41.0 Å². The number of benzene rings is 3. The molecule has 0 fully saturated rings. The van der Waals surface area contributed by atoms with E-state index in [0.29, 0.717) is 0 Å². The molecule has 0 aliphatic heterocycles. The van der Waals surface area contributed by atoms with Crippen LogP contribution >= 0.6 is 0 Å². The average molecular weight is 477 g/mol. The molecule has 0 aromatic heterocycles. The number of amides is 1. The van der Waals surface area contributed by atoms with Gasteiger partial charge in [0.2, 0.25) is 34.8 Å². The van der Waals surface area contributed by atoms with Crippen LogP contribution in [0.1, 0.15) is 24.0 Å². The average Bonchev–Trinajstić information content (AvgIpc) is 3.16. The van der Waals surface area contributed by atoms with Gasteiger partial charge in [-0.15, -0.1) is 0 Å². The zero-order valence-electron chi connectivity index (χ0n) is 17.5. The van der Waals surface area contributed by atoms with Gasteiger partial charge < -0.3 is 14.8 Å². The number of carbonyl (C=O) groups excluding carboxylic acids is 2. The van der Waals surface area contributed by atoms with Crippen LogP contribution < -0.4 is 10.1 Å². The standard InChI is InChI=1S/C24H16F5NO4/c1-11(23(31)34-22-20(28)18(26)17(25)19(27)21(22)29)30-24(32)33-10-16-14-8-4-2-6-12(14)13-7-3-5-9-15(13)16/h2-9,11,16H,10H2,1H3,(H,30,32). The minimum Gasteiger partial charge on any atom is -0.449 e. The zero-order valence-corrected chi connectivity index (χ0v) is 17.5. The first-order valence-electron chi connectivity index (χ1n) is 10.0. The van der Waals surface area contributed by atoms with Crippen LogP contribution in [0.3, 0.4) is 0 Å². The SMILES string of the molecule is CC(NC(=O)OCC1c2ccccc2-c2ccccc21)C(=O)Oc1c(F)c(F)c(F)c(F)c1F. The molecule has 0 heterocycles. The van der Waals surface area contributed by atoms with Crippen LogP contribution in [0.25, 0.3) is 11.1 Å². The molecular weight excluding hydrogens is 461 g/mol. The third kappa shape index (κ3) is 4.07. The largest absolute Gasteiger partial charge is 0.449 e. The zero-order chi connectivity index (χ0) is 24.6. The number of ether oxygens (including phenoxy) is 2. The molecule has 1 atom stereocenters. The molecule has 34 heavy (non-hydrogen) atoms. The molecule has 0 spiro atoms. The Morgan fingerprint density at radius 3 is 1.82 bits per heavy atom. The highest BCUT2D eigenvalue weighted by molar-refractivity contribution is 5.83. The number of esters is 1. The van der Waals surface area contributed by atoms with Gasteiger partial charge in [-0.1, -0.05) is 48.5 Å². The third-order valence-electron chi connectivity index (χ3n) is 5.40. The summed E-state index contributed by atoms with van der Waals surface area (Å²) in [7, 11) is 0. The van der Waals surface area contributed by atoms with Gasteiger partial charge in [0.05, 0.1) is 0 Å². The van der Waals surface area contributed by atoms with E-state index in [1.165, 1.54) is 0 Å². The van der Waals surface area contributed by atoms with E-state index in [-0.39, 0.29) is 12.5 Å². The maximum Gasteiger partial charge on any atom is 0.407 e. The highest BCUT2D eigenvalue weighted by atomic mass is 19.2. The van der Waals surface area contributed by atoms with Gasteiger partial charge in [0.15, 0.2) is 0 Å². The normalized spacial score (nSPS) is 13.1. The van der Waals surface area contributed by atoms with Crippen molar-refractivity contribution in [2.75, 3.05) is 6.61 Å². The summed E-state index contributed by atoms with van der Waals surface area (Å²) in [6, 6.07) is 13.7. The van der Waals surface area contributed by atoms with E-state index in [4.69, 9.17) is 4.74 Å². The number of rotatable bonds is 5. The van der Waals surface area contributed by atoms with Crippen LogP contribution in [0.5, 0.6) is 5.75 Å². The van der Waals surface area contributed by atoms with Gasteiger partial charge in [0.1, 0.15) is 12.6 Å². The lowest BCUT2D eigenvalue weighted by Gasteiger charge is -2.17. The Morgan fingerprint density at radius 2 is 1.29 bits per heavy atom. The summed E-state index contributed by atoms with van der Waals surface area (Å²) in [4.78, 5) is 24.3. The van der Waals surface area contributed by atoms with Crippen LogP contribution in [-0.4, -0.2) is 24.7 Å². The number of hydrogen-bond donors (Lipinski definition) is 1. The second-order valence-corrected chi connectivity index (χ2v) is 7.51. The summed E-state index contributed by atoms with van der Waals surface area (Å²) in [5.74, 6) is -15.0. The molecule has 1 aliphatic rings. The molecule has 1 unspecified atom stereocenters. The van der Waals surface area contributed by atoms with Crippen molar-refractivity contribution in [1.82, 2.24) is 5.32 Å². The van der Waals surface area contributed by atoms with E-state index >= 15 is 0 Å². The Labute approximate surface area is 190 Å². The van der Waals surface area contributed by atoms with Crippen molar-refractivity contribution in [2.24, 2.45) is 0 Å². The Kier molecular flexibility index (Phi) is 6.23. The number of alkyl carbamates (subject to hydrolysis) is 1. The predicted molar refractivity (Wildman–Crippen MR) is 110 cm³/mol. The molecule has 0 radical (unpaired) electrons. The lowest BCUT2D eigenvalue weighted by Crippen LogP contribution is -2.41. The summed E-state index contributed by atoms with van der Waals surface area (Å²) in [6.45, 7) is 1.02. The first-order chi connectivity index (χ1) is 16.2. The highest BCUT2D eigenvalue weighted by Crippen LogP contribution is 2.44. The van der Waals surface area contributed by atoms with E-state index in [1.54, 1.807) is 0 Å². The van der Waals surface area contributed by atoms with E-state index in [1.807, 2.05) is 48.5 Å². The Morgan fingerprint density at radius 1 is 0.824 bits per heavy atom. The van der Waals surface area contributed by atoms with Crippen LogP contribution in [0, 0.1) is 29.1 Å². The molecule has 1 aliphatic carbocycles. The summed E-state index contributed by atoms with van der Waals surface area (Å²) in [5.41, 5.74) is 3.92. The smallest absolute Gasteiger partial charge is 0.407 e. The maximum absolute atomic E-state index is 13.7. The Bertz CT molecular complexity index is 1220. The summed E-state index contributed by atoms with van der Waals surface area (Å²) in [5, 5.41) is 2.11. The molecule has 5 nitrogen and oxygen atoms in total. The van der Waals surface area contributed by atoms with Crippen molar-refractivity contribution >= 4 is 12.1 Å². The lowest BCUT2D eigenvalue weighted by atomic mass is 9.98. The second kappa shape index (κ2) is 9.12. The predicted octanol–water partition coefficient (Wildman–Crippen LogP) is 5.21. The fourth-order valence-electron chi connectivity index (χ4n) is 3.74. The monoisotopic (exact) mass is 477 g/mol. The van der Waals surface area contributed by atoms with Gasteiger partial charge >= 0.3 is 12.1 Å². The van der Waals surface area contributed by atoms with Gasteiger partial charge in [-0.3, -0.25) is 0 Å². The van der Waals surface area contributed by atoms with Crippen molar-refractivity contribution in [1.29, 1.82) is 0 Å². The molecule has 10 heteroatoms. The third-order valence-corrected chi connectivity index (χ3v) is 5.40. The quantitative estimate of drug-likeness (QED) is 0.180. The Hall–Kier alpha value is -3.95. The number of hydrogen-bond acceptors (Lipinski definition) is 4. The summed E-state index contributed by atoms with van der Waals surface area (Å²) >= 11 is 0. The van der Waals surface area contributed by atoms with Crippen molar-refractivity contribution in [3.63, 3.8) is 0 Å². The highest BCUT2D eigenvalue weighted by Gasteiger charge is 2.31. The van der Waals surface area contributed by atoms with Gasteiger partial charge in [0.25, 0.3) is 0 Å². The fourth-order valence-corrected chi connectivity index (χ4v) is 3.74. The van der Waals surface area contributed by atoms with Gasteiger partial charge in [-0.2, -0.15) is 8.78 Å². The van der Waals surface area contributed by atoms with Crippen molar-refractivity contribution in [3.8, 4) is 16.9 Å². The van der Waals surface area contributed by atoms with Crippen LogP contribution in [0.15, 0.2) is 48.5 Å². The summed E-state index contributed by atoms with van der Waals surface area (Å²) < 4.78 is 76.7. The van der Waals surface area contributed by atoms with Gasteiger partial charge in [-0.05, 0) is 29.2 Å². The van der Waals surface area contributed by atoms with Crippen LogP contribution in [0.4, 0.5) is 26.7 Å². The van der Waals surface area contributed by atoms with E-state index < -0.39 is 52.9 Å². The molecule has 0 bridgehead atoms. The molecule has 4 rings (SSSR count). The first-order valence-corrected chi connectivity index (χ1v) is 10.0. The topological polar surface area (TPSA) is 64.6 Å². The van der Waals surface area contributed by atoms with Crippen LogP contribution in [-0.2, 0) is 9.53 Å². The van der Waals surface area contributed by atoms with Gasteiger partial charge in [-0.25, -0.2) is 22.8 Å². The number of fused-ring (bicyclic) bond motifs is 3. The molecule has 0 saturated heterocycles. The molecule has 3 aromatic rings. The molecule has 0 saturated carbocycles. The fraction of sp³-hybridized carbons (Fsp3) is 0.167. The van der Waals surface area contributed by atoms with Gasteiger partial charge in [0, 0.05) is 5.92 Å². The van der Waals surface area contributed by atoms with E-state index in [9.17, 15) is 31.5 Å². The van der Waals surface area contributed by atoms with E-state index in [0.717, 1.165) is 29.2 Å². The van der Waals surface area contributed by atoms with Crippen molar-refractivity contribution in [2.45, 2.75) is 18.9 Å². The lowest BCUT2D eigenvalue weighted by molar-refractivity contribution is -0.136. The molecule has 176 valence electrons. The minimum atomic E-state index is -2.39. The molecular formula is C24H16F5NO4. The minimum absolute atomic E-state index is 0.0702. The number of carbonyl (C=O) groups is 2. The van der Waals surface area contributed by atoms with Crippen molar-refractivity contribution in [3.05, 3.63) is 88.7 Å².